The molecule has 1 aliphatic heterocycles. The molecule has 0 unspecified atom stereocenters. The molecule has 1 aromatic heterocycles. The summed E-state index contributed by atoms with van der Waals surface area (Å²) in [5.41, 5.74) is -0.659. The molecule has 1 fully saturated rings. The highest BCUT2D eigenvalue weighted by Crippen LogP contribution is 2.18. The Morgan fingerprint density at radius 2 is 2.00 bits per heavy atom. The third-order valence-corrected chi connectivity index (χ3v) is 3.56. The van der Waals surface area contributed by atoms with Crippen LogP contribution < -0.4 is 5.32 Å². The van der Waals surface area contributed by atoms with Crippen molar-refractivity contribution in [2.24, 2.45) is 4.99 Å². The van der Waals surface area contributed by atoms with Crippen LogP contribution in [0.1, 0.15) is 33.6 Å². The lowest BCUT2D eigenvalue weighted by molar-refractivity contribution is -0.172. The molecule has 1 N–H and O–H groups in total. The lowest BCUT2D eigenvalue weighted by Crippen LogP contribution is -2.47. The Hall–Kier alpha value is -2.59. The highest BCUT2D eigenvalue weighted by molar-refractivity contribution is 6.00. The van der Waals surface area contributed by atoms with Crippen molar-refractivity contribution < 1.29 is 27.5 Å². The number of aromatic nitrogens is 2. The number of carbonyl (C=O) groups excluding carboxylic acids is 2. The number of nitrogens with one attached hydrogen (secondary N) is 1. The molecular weight excluding hydrogens is 367 g/mol. The maximum Gasteiger partial charge on any atom is 0.471 e. The minimum atomic E-state index is -5.05. The van der Waals surface area contributed by atoms with E-state index in [1.165, 1.54) is 23.4 Å². The van der Waals surface area contributed by atoms with E-state index in [2.05, 4.69) is 10.1 Å². The van der Waals surface area contributed by atoms with Crippen LogP contribution >= 0.6 is 0 Å². The molecule has 0 bridgehead atoms. The molecule has 150 valence electrons. The average molecular weight is 389 g/mol. The smallest absolute Gasteiger partial charge is 0.444 e. The lowest BCUT2D eigenvalue weighted by Gasteiger charge is -2.32. The molecule has 27 heavy (non-hydrogen) atoms. The Kier molecular flexibility index (Phi) is 6.11. The third kappa shape index (κ3) is 6.26. The molecule has 0 spiro atoms. The summed E-state index contributed by atoms with van der Waals surface area (Å²) >= 11 is 0. The largest absolute Gasteiger partial charge is 0.471 e. The van der Waals surface area contributed by atoms with Crippen LogP contribution in [0.4, 0.5) is 18.0 Å². The summed E-state index contributed by atoms with van der Waals surface area (Å²) in [5.74, 6) is -2.49. The minimum Gasteiger partial charge on any atom is -0.444 e. The van der Waals surface area contributed by atoms with Gasteiger partial charge in [-0.05, 0) is 39.7 Å². The van der Waals surface area contributed by atoms with Gasteiger partial charge in [0.05, 0.1) is 6.04 Å². The maximum absolute atomic E-state index is 12.6. The monoisotopic (exact) mass is 389 g/mol. The molecule has 2 rings (SSSR count). The summed E-state index contributed by atoms with van der Waals surface area (Å²) in [5, 5.41) is 5.56. The van der Waals surface area contributed by atoms with Gasteiger partial charge in [0.25, 0.3) is 0 Å². The van der Waals surface area contributed by atoms with Gasteiger partial charge in [0, 0.05) is 25.5 Å². The number of likely N-dealkylation sites (tertiary alicyclic amines) is 1. The van der Waals surface area contributed by atoms with Gasteiger partial charge in [-0.2, -0.15) is 18.3 Å². The van der Waals surface area contributed by atoms with Gasteiger partial charge < -0.3 is 9.64 Å². The number of aliphatic imine (C=N–C) groups is 1. The molecule has 0 radical (unpaired) electrons. The van der Waals surface area contributed by atoms with E-state index >= 15 is 0 Å². The van der Waals surface area contributed by atoms with Gasteiger partial charge >= 0.3 is 18.2 Å². The number of hydrogen-bond acceptors (Lipinski definition) is 5. The molecule has 8 nitrogen and oxygen atoms in total. The molecule has 1 atom stereocenters. The number of piperidine rings is 1. The van der Waals surface area contributed by atoms with Crippen LogP contribution in [0.5, 0.6) is 0 Å². The van der Waals surface area contributed by atoms with Crippen molar-refractivity contribution in [1.82, 2.24) is 20.0 Å². The van der Waals surface area contributed by atoms with Gasteiger partial charge in [-0.15, -0.1) is 0 Å². The van der Waals surface area contributed by atoms with E-state index in [-0.39, 0.29) is 12.5 Å². The number of alkyl halides is 3. The van der Waals surface area contributed by atoms with Crippen molar-refractivity contribution in [1.29, 1.82) is 0 Å². The Labute approximate surface area is 154 Å². The molecule has 0 aliphatic carbocycles. The number of hydrogen-bond donors (Lipinski definition) is 1. The summed E-state index contributed by atoms with van der Waals surface area (Å²) in [6.07, 6.45) is -1.70. The molecule has 1 saturated heterocycles. The molecule has 1 aliphatic rings. The van der Waals surface area contributed by atoms with E-state index in [4.69, 9.17) is 4.74 Å². The highest BCUT2D eigenvalue weighted by atomic mass is 19.4. The molecule has 1 aromatic rings. The highest BCUT2D eigenvalue weighted by Gasteiger charge is 2.40. The van der Waals surface area contributed by atoms with Crippen LogP contribution in [0.2, 0.25) is 0 Å². The summed E-state index contributed by atoms with van der Waals surface area (Å²) < 4.78 is 44.1. The Bertz CT molecular complexity index is 695. The van der Waals surface area contributed by atoms with E-state index in [9.17, 15) is 22.8 Å². The van der Waals surface area contributed by atoms with E-state index < -0.39 is 29.8 Å². The third-order valence-electron chi connectivity index (χ3n) is 3.56. The first kappa shape index (κ1) is 20.7. The molecular formula is C16H22F3N5O3. The zero-order valence-electron chi connectivity index (χ0n) is 15.3. The van der Waals surface area contributed by atoms with E-state index in [1.807, 2.05) is 0 Å². The quantitative estimate of drug-likeness (QED) is 0.589. The second kappa shape index (κ2) is 7.97. The number of halogens is 3. The average Bonchev–Trinajstić information content (AvgIpc) is 3.06. The maximum atomic E-state index is 12.6. The van der Waals surface area contributed by atoms with Crippen LogP contribution in [0, 0.1) is 0 Å². The zero-order chi connectivity index (χ0) is 20.2. The SMILES string of the molecule is CC(C)(C)OC(=O)N1CCC[C@@H](N=C(NC(=O)C(F)(F)F)n2cccn2)C1. The van der Waals surface area contributed by atoms with E-state index in [0.29, 0.717) is 19.4 Å². The van der Waals surface area contributed by atoms with Crippen molar-refractivity contribution in [2.45, 2.75) is 51.4 Å². The van der Waals surface area contributed by atoms with Gasteiger partial charge in [0.15, 0.2) is 0 Å². The fraction of sp³-hybridized carbons (Fsp3) is 0.625. The normalized spacial score (nSPS) is 19.0. The molecule has 0 saturated carbocycles. The molecule has 0 aromatic carbocycles. The zero-order valence-corrected chi connectivity index (χ0v) is 15.3. The number of carbonyl (C=O) groups is 2. The van der Waals surface area contributed by atoms with Gasteiger partial charge in [0.2, 0.25) is 5.96 Å². The second-order valence-corrected chi connectivity index (χ2v) is 7.08. The summed E-state index contributed by atoms with van der Waals surface area (Å²) in [6.45, 7) is 5.86. The number of amides is 2. The number of rotatable bonds is 1. The van der Waals surface area contributed by atoms with Gasteiger partial charge in [0.1, 0.15) is 5.60 Å². The summed E-state index contributed by atoms with van der Waals surface area (Å²) in [6, 6.07) is 0.988. The Balaban J connectivity index is 2.15. The standard InChI is InChI=1S/C16H22F3N5O3/c1-15(2,3)27-14(26)23-8-4-6-11(10-23)21-13(24-9-5-7-20-24)22-12(25)16(17,18)19/h5,7,9,11H,4,6,8,10H2,1-3H3,(H,21,22,25)/t11-/m1/s1. The van der Waals surface area contributed by atoms with Crippen molar-refractivity contribution >= 4 is 18.0 Å². The van der Waals surface area contributed by atoms with Crippen LogP contribution in [0.15, 0.2) is 23.5 Å². The molecule has 2 heterocycles. The predicted molar refractivity (Wildman–Crippen MR) is 90.1 cm³/mol. The van der Waals surface area contributed by atoms with Crippen LogP contribution in [-0.2, 0) is 9.53 Å². The molecule has 11 heteroatoms. The molecule has 2 amide bonds. The van der Waals surface area contributed by atoms with Crippen molar-refractivity contribution in [3.05, 3.63) is 18.5 Å². The van der Waals surface area contributed by atoms with E-state index in [0.717, 1.165) is 4.68 Å². The van der Waals surface area contributed by atoms with Gasteiger partial charge in [-0.1, -0.05) is 0 Å². The lowest BCUT2D eigenvalue weighted by atomic mass is 10.1. The summed E-state index contributed by atoms with van der Waals surface area (Å²) in [7, 11) is 0. The van der Waals surface area contributed by atoms with Crippen LogP contribution in [-0.4, -0.2) is 63.5 Å². The predicted octanol–water partition coefficient (Wildman–Crippen LogP) is 2.17. The minimum absolute atomic E-state index is 0.168. The number of ether oxygens (including phenoxy) is 1. The first-order chi connectivity index (χ1) is 12.5. The fourth-order valence-electron chi connectivity index (χ4n) is 2.44. The van der Waals surface area contributed by atoms with Crippen molar-refractivity contribution in [2.75, 3.05) is 13.1 Å². The van der Waals surface area contributed by atoms with Crippen LogP contribution in [0.3, 0.4) is 0 Å². The van der Waals surface area contributed by atoms with Gasteiger partial charge in [-0.3, -0.25) is 10.1 Å². The van der Waals surface area contributed by atoms with E-state index in [1.54, 1.807) is 26.1 Å². The Morgan fingerprint density at radius 3 is 2.56 bits per heavy atom. The Morgan fingerprint density at radius 1 is 1.30 bits per heavy atom. The first-order valence-corrected chi connectivity index (χ1v) is 8.39. The van der Waals surface area contributed by atoms with Crippen LogP contribution in [0.25, 0.3) is 0 Å². The van der Waals surface area contributed by atoms with Crippen molar-refractivity contribution in [3.8, 4) is 0 Å². The van der Waals surface area contributed by atoms with Crippen molar-refractivity contribution in [3.63, 3.8) is 0 Å². The second-order valence-electron chi connectivity index (χ2n) is 7.08. The first-order valence-electron chi connectivity index (χ1n) is 8.39. The summed E-state index contributed by atoms with van der Waals surface area (Å²) in [4.78, 5) is 29.2. The van der Waals surface area contributed by atoms with Gasteiger partial charge in [-0.25, -0.2) is 14.5 Å². The topological polar surface area (TPSA) is 88.8 Å². The number of nitrogens with zero attached hydrogens (tertiary/aromatic N) is 4. The fourth-order valence-corrected chi connectivity index (χ4v) is 2.44.